The standard InChI is InChI=1S/C23H23ClF4N2O3/c1-4-33-12-22(31,23(26,27)28)21(19-18(32-3)11-10-15(24)20(19)25)30-17-7-5-6-16-14(17)9-8-13(2)29-16/h5-11,21,30-31H,4,12H2,1-3H3. The van der Waals surface area contributed by atoms with Gasteiger partial charge in [-0.05, 0) is 50.2 Å². The van der Waals surface area contributed by atoms with Gasteiger partial charge in [-0.1, -0.05) is 17.7 Å². The summed E-state index contributed by atoms with van der Waals surface area (Å²) in [5.74, 6) is -1.37. The van der Waals surface area contributed by atoms with Crippen molar-refractivity contribution in [1.82, 2.24) is 4.98 Å². The van der Waals surface area contributed by atoms with Crippen molar-refractivity contribution in [2.24, 2.45) is 0 Å². The van der Waals surface area contributed by atoms with Crippen LogP contribution in [0, 0.1) is 12.7 Å². The molecule has 178 valence electrons. The molecule has 0 aliphatic rings. The SMILES string of the molecule is CCOCC(O)(C(Nc1cccc2nc(C)ccc12)c1c(OC)ccc(Cl)c1F)C(F)(F)F. The van der Waals surface area contributed by atoms with Crippen LogP contribution >= 0.6 is 11.6 Å². The van der Waals surface area contributed by atoms with Crippen molar-refractivity contribution in [1.29, 1.82) is 0 Å². The van der Waals surface area contributed by atoms with Gasteiger partial charge < -0.3 is 19.9 Å². The maximum atomic E-state index is 15.2. The summed E-state index contributed by atoms with van der Waals surface area (Å²) in [6, 6.07) is 8.49. The number of benzene rings is 2. The zero-order chi connectivity index (χ0) is 24.4. The van der Waals surface area contributed by atoms with Crippen molar-refractivity contribution in [3.05, 3.63) is 64.6 Å². The lowest BCUT2D eigenvalue weighted by atomic mass is 9.86. The van der Waals surface area contributed by atoms with E-state index in [9.17, 15) is 18.3 Å². The Hall–Kier alpha value is -2.62. The Bertz CT molecular complexity index is 1140. The molecule has 0 saturated heterocycles. The number of aliphatic hydroxyl groups is 1. The van der Waals surface area contributed by atoms with E-state index in [0.29, 0.717) is 16.6 Å². The molecule has 0 radical (unpaired) electrons. The average Bonchev–Trinajstić information content (AvgIpc) is 2.76. The third-order valence-corrected chi connectivity index (χ3v) is 5.56. The monoisotopic (exact) mass is 486 g/mol. The van der Waals surface area contributed by atoms with E-state index in [4.69, 9.17) is 21.1 Å². The fourth-order valence-electron chi connectivity index (χ4n) is 3.55. The predicted molar refractivity (Wildman–Crippen MR) is 118 cm³/mol. The van der Waals surface area contributed by atoms with Crippen LogP contribution in [0.25, 0.3) is 10.9 Å². The quantitative estimate of drug-likeness (QED) is 0.392. The first-order chi connectivity index (χ1) is 15.5. The highest BCUT2D eigenvalue weighted by Crippen LogP contribution is 2.47. The van der Waals surface area contributed by atoms with E-state index in [1.165, 1.54) is 26.2 Å². The topological polar surface area (TPSA) is 63.6 Å². The molecule has 2 unspecified atom stereocenters. The fraction of sp³-hybridized carbons (Fsp3) is 0.348. The normalized spacial score (nSPS) is 14.7. The van der Waals surface area contributed by atoms with Crippen LogP contribution in [-0.2, 0) is 4.74 Å². The van der Waals surface area contributed by atoms with Crippen molar-refractivity contribution >= 4 is 28.2 Å². The number of hydrogen-bond acceptors (Lipinski definition) is 5. The lowest BCUT2D eigenvalue weighted by Crippen LogP contribution is -2.56. The van der Waals surface area contributed by atoms with Crippen LogP contribution in [0.15, 0.2) is 42.5 Å². The van der Waals surface area contributed by atoms with Gasteiger partial charge in [-0.25, -0.2) is 4.39 Å². The van der Waals surface area contributed by atoms with E-state index < -0.39 is 40.8 Å². The molecule has 3 rings (SSSR count). The van der Waals surface area contributed by atoms with Crippen molar-refractivity contribution in [2.45, 2.75) is 31.7 Å². The third kappa shape index (κ3) is 4.85. The van der Waals surface area contributed by atoms with Crippen molar-refractivity contribution < 1.29 is 32.1 Å². The van der Waals surface area contributed by atoms with E-state index in [1.807, 2.05) is 0 Å². The third-order valence-electron chi connectivity index (χ3n) is 5.27. The van der Waals surface area contributed by atoms with Crippen LogP contribution in [0.1, 0.15) is 24.2 Å². The first-order valence-electron chi connectivity index (χ1n) is 10.0. The van der Waals surface area contributed by atoms with Crippen molar-refractivity contribution in [3.8, 4) is 5.75 Å². The van der Waals surface area contributed by atoms with Crippen LogP contribution < -0.4 is 10.1 Å². The van der Waals surface area contributed by atoms with Gasteiger partial charge in [-0.15, -0.1) is 0 Å². The summed E-state index contributed by atoms with van der Waals surface area (Å²) in [6.07, 6.45) is -5.21. The van der Waals surface area contributed by atoms with E-state index in [0.717, 1.165) is 6.07 Å². The van der Waals surface area contributed by atoms with Gasteiger partial charge in [0.2, 0.25) is 5.60 Å². The predicted octanol–water partition coefficient (Wildman–Crippen LogP) is 5.83. The molecule has 2 atom stereocenters. The number of aromatic nitrogens is 1. The summed E-state index contributed by atoms with van der Waals surface area (Å²) in [6.45, 7) is 2.01. The first-order valence-corrected chi connectivity index (χ1v) is 10.4. The Morgan fingerprint density at radius 1 is 1.15 bits per heavy atom. The molecule has 0 saturated carbocycles. The molecule has 2 N–H and O–H groups in total. The molecule has 0 amide bonds. The number of methoxy groups -OCH3 is 1. The Kier molecular flexibility index (Phi) is 7.36. The minimum Gasteiger partial charge on any atom is -0.496 e. The second-order valence-electron chi connectivity index (χ2n) is 7.44. The van der Waals surface area contributed by atoms with Gasteiger partial charge >= 0.3 is 6.18 Å². The number of nitrogens with one attached hydrogen (secondary N) is 1. The number of nitrogens with zero attached hydrogens (tertiary/aromatic N) is 1. The number of rotatable bonds is 8. The minimum atomic E-state index is -5.21. The van der Waals surface area contributed by atoms with Gasteiger partial charge in [0.1, 0.15) is 5.75 Å². The molecule has 33 heavy (non-hydrogen) atoms. The smallest absolute Gasteiger partial charge is 0.421 e. The molecule has 0 fully saturated rings. The number of fused-ring (bicyclic) bond motifs is 1. The lowest BCUT2D eigenvalue weighted by molar-refractivity contribution is -0.281. The van der Waals surface area contributed by atoms with Crippen LogP contribution in [-0.4, -0.2) is 42.2 Å². The van der Waals surface area contributed by atoms with Crippen LogP contribution in [0.4, 0.5) is 23.2 Å². The van der Waals surface area contributed by atoms with Gasteiger partial charge in [0, 0.05) is 23.4 Å². The second-order valence-corrected chi connectivity index (χ2v) is 7.85. The Morgan fingerprint density at radius 3 is 2.52 bits per heavy atom. The van der Waals surface area contributed by atoms with E-state index in [2.05, 4.69) is 10.3 Å². The maximum Gasteiger partial charge on any atom is 0.421 e. The molecule has 2 aromatic carbocycles. The largest absolute Gasteiger partial charge is 0.496 e. The van der Waals surface area contributed by atoms with Gasteiger partial charge in [-0.2, -0.15) is 13.2 Å². The molecule has 1 aromatic heterocycles. The van der Waals surface area contributed by atoms with Gasteiger partial charge in [-0.3, -0.25) is 4.98 Å². The molecule has 10 heteroatoms. The van der Waals surface area contributed by atoms with Crippen LogP contribution in [0.2, 0.25) is 5.02 Å². The lowest BCUT2D eigenvalue weighted by Gasteiger charge is -2.39. The summed E-state index contributed by atoms with van der Waals surface area (Å²) in [4.78, 5) is 4.37. The number of pyridine rings is 1. The molecule has 0 aliphatic heterocycles. The molecule has 0 spiro atoms. The second kappa shape index (κ2) is 9.70. The minimum absolute atomic E-state index is 0.0995. The summed E-state index contributed by atoms with van der Waals surface area (Å²) < 4.78 is 68.3. The highest BCUT2D eigenvalue weighted by Gasteiger charge is 2.60. The highest BCUT2D eigenvalue weighted by atomic mass is 35.5. The van der Waals surface area contributed by atoms with Crippen LogP contribution in [0.5, 0.6) is 5.75 Å². The zero-order valence-electron chi connectivity index (χ0n) is 18.1. The van der Waals surface area contributed by atoms with Crippen molar-refractivity contribution in [3.63, 3.8) is 0 Å². The van der Waals surface area contributed by atoms with Crippen molar-refractivity contribution in [2.75, 3.05) is 25.6 Å². The number of aryl methyl sites for hydroxylation is 1. The first kappa shape index (κ1) is 25.0. The average molecular weight is 487 g/mol. The maximum absolute atomic E-state index is 15.2. The molecule has 3 aromatic rings. The summed E-state index contributed by atoms with van der Waals surface area (Å²) in [5, 5.41) is 13.8. The molecule has 0 bridgehead atoms. The number of anilines is 1. The van der Waals surface area contributed by atoms with Gasteiger partial charge in [0.05, 0.1) is 35.9 Å². The number of hydrogen-bond donors (Lipinski definition) is 2. The van der Waals surface area contributed by atoms with E-state index in [-0.39, 0.29) is 18.0 Å². The number of halogens is 5. The molecule has 1 heterocycles. The summed E-state index contributed by atoms with van der Waals surface area (Å²) in [5.41, 5.74) is -2.70. The molecular formula is C23H23ClF4N2O3. The Balaban J connectivity index is 2.29. The van der Waals surface area contributed by atoms with Crippen LogP contribution in [0.3, 0.4) is 0 Å². The van der Waals surface area contributed by atoms with E-state index in [1.54, 1.807) is 31.2 Å². The number of ether oxygens (including phenoxy) is 2. The van der Waals surface area contributed by atoms with E-state index >= 15 is 4.39 Å². The summed E-state index contributed by atoms with van der Waals surface area (Å²) >= 11 is 5.91. The Morgan fingerprint density at radius 2 is 1.88 bits per heavy atom. The number of alkyl halides is 3. The Labute approximate surface area is 193 Å². The fourth-order valence-corrected chi connectivity index (χ4v) is 3.72. The molecular weight excluding hydrogens is 464 g/mol. The van der Waals surface area contributed by atoms with Gasteiger partial charge in [0.25, 0.3) is 0 Å². The zero-order valence-corrected chi connectivity index (χ0v) is 18.9. The highest BCUT2D eigenvalue weighted by molar-refractivity contribution is 6.30. The summed E-state index contributed by atoms with van der Waals surface area (Å²) in [7, 11) is 1.18. The molecule has 5 nitrogen and oxygen atoms in total. The van der Waals surface area contributed by atoms with Gasteiger partial charge in [0.15, 0.2) is 5.82 Å². The molecule has 0 aliphatic carbocycles.